The Bertz CT molecular complexity index is 93.8. The second-order valence-electron chi connectivity index (χ2n) is 3.12. The molecular weight excluding hydrogens is 228 g/mol. The van der Waals surface area contributed by atoms with Crippen LogP contribution in [0.4, 0.5) is 0 Å². The van der Waals surface area contributed by atoms with E-state index in [4.69, 9.17) is 20.0 Å². The van der Waals surface area contributed by atoms with Crippen LogP contribution in [0.15, 0.2) is 0 Å². The van der Waals surface area contributed by atoms with Gasteiger partial charge in [-0.25, -0.2) is 0 Å². The van der Waals surface area contributed by atoms with Gasteiger partial charge in [0.05, 0.1) is 0 Å². The molecule has 0 aliphatic carbocycles. The molecule has 0 unspecified atom stereocenters. The van der Waals surface area contributed by atoms with Crippen molar-refractivity contribution in [2.75, 3.05) is 0 Å². The Morgan fingerprint density at radius 1 is 0.700 bits per heavy atom. The van der Waals surface area contributed by atoms with Gasteiger partial charge in [-0.1, -0.05) is 0 Å². The minimum absolute atomic E-state index is 1.17. The van der Waals surface area contributed by atoms with E-state index in [2.05, 4.69) is 0 Å². The van der Waals surface area contributed by atoms with Crippen molar-refractivity contribution in [2.45, 2.75) is 42.6 Å². The van der Waals surface area contributed by atoms with E-state index in [1.807, 2.05) is 0 Å². The number of hydrogen-bond acceptors (Lipinski definition) is 0. The van der Waals surface area contributed by atoms with Gasteiger partial charge in [0.1, 0.15) is 0 Å². The third-order valence-electron chi connectivity index (χ3n) is 2.09. The van der Waals surface area contributed by atoms with E-state index in [-0.39, 0.29) is 0 Å². The fourth-order valence-electron chi connectivity index (χ4n) is 1.42. The Balaban J connectivity index is 2.30. The molecule has 1 aliphatic heterocycles. The zero-order chi connectivity index (χ0) is 7.45. The van der Waals surface area contributed by atoms with Crippen molar-refractivity contribution in [3.63, 3.8) is 0 Å². The summed E-state index contributed by atoms with van der Waals surface area (Å²) < 4.78 is 0. The third-order valence-corrected chi connectivity index (χ3v) is 10.6. The van der Waals surface area contributed by atoms with Gasteiger partial charge >= 0.3 is 74.0 Å². The van der Waals surface area contributed by atoms with Crippen LogP contribution in [0.3, 0.4) is 0 Å². The Labute approximate surface area is 74.0 Å². The first kappa shape index (κ1) is 9.21. The van der Waals surface area contributed by atoms with Gasteiger partial charge in [-0.15, -0.1) is 0 Å². The summed E-state index contributed by atoms with van der Waals surface area (Å²) in [5.74, 6) is 0. The average molecular weight is 242 g/mol. The molecule has 0 aromatic carbocycles. The van der Waals surface area contributed by atoms with Gasteiger partial charge in [0.25, 0.3) is 0 Å². The summed E-state index contributed by atoms with van der Waals surface area (Å²) in [4.78, 5) is 0. The van der Waals surface area contributed by atoms with Crippen molar-refractivity contribution in [1.82, 2.24) is 0 Å². The minimum atomic E-state index is -2.19. The van der Waals surface area contributed by atoms with E-state index in [0.29, 0.717) is 0 Å². The topological polar surface area (TPSA) is 0 Å². The summed E-state index contributed by atoms with van der Waals surface area (Å²) in [6.45, 7) is 0. The van der Waals surface area contributed by atoms with E-state index < -0.39 is 11.4 Å². The molecule has 0 radical (unpaired) electrons. The maximum absolute atomic E-state index is 6.20. The first-order valence-electron chi connectivity index (χ1n) is 4.09. The Morgan fingerprint density at radius 2 is 1.10 bits per heavy atom. The average Bonchev–Trinajstić information content (AvgIpc) is 1.81. The van der Waals surface area contributed by atoms with Crippen LogP contribution in [-0.2, 0) is 0 Å². The Hall–Kier alpha value is 1.12. The van der Waals surface area contributed by atoms with Crippen LogP contribution in [0.5, 0.6) is 0 Å². The van der Waals surface area contributed by atoms with Gasteiger partial charge in [-0.3, -0.25) is 0 Å². The molecule has 1 aliphatic rings. The molecule has 3 heteroatoms. The van der Waals surface area contributed by atoms with E-state index in [1.165, 1.54) is 42.6 Å². The van der Waals surface area contributed by atoms with Gasteiger partial charge in [-0.2, -0.15) is 0 Å². The monoisotopic (exact) mass is 242 g/mol. The molecule has 10 heavy (non-hydrogen) atoms. The summed E-state index contributed by atoms with van der Waals surface area (Å²) in [6, 6.07) is 0. The van der Waals surface area contributed by atoms with E-state index in [1.54, 1.807) is 0 Å². The first-order chi connectivity index (χ1) is 4.71. The Kier molecular flexibility index (Phi) is 3.89. The third kappa shape index (κ3) is 3.50. The van der Waals surface area contributed by atoms with Crippen LogP contribution in [0.2, 0.25) is 10.5 Å². The summed E-state index contributed by atoms with van der Waals surface area (Å²) >= 11 is -2.19. The van der Waals surface area contributed by atoms with Gasteiger partial charge in [0.15, 0.2) is 0 Å². The number of hydrogen-bond donors (Lipinski definition) is 0. The predicted octanol–water partition coefficient (Wildman–Crippen LogP) is 3.87. The van der Waals surface area contributed by atoms with Crippen LogP contribution in [0, 0.1) is 0 Å². The molecule has 0 saturated carbocycles. The zero-order valence-corrected chi connectivity index (χ0v) is 9.82. The van der Waals surface area contributed by atoms with Crippen molar-refractivity contribution in [3.05, 3.63) is 0 Å². The van der Waals surface area contributed by atoms with Crippen molar-refractivity contribution >= 4 is 31.4 Å². The van der Waals surface area contributed by atoms with Gasteiger partial charge in [-0.05, 0) is 0 Å². The van der Waals surface area contributed by atoms with Crippen molar-refractivity contribution < 1.29 is 0 Å². The normalized spacial score (nSPS) is 27.0. The fraction of sp³-hybridized carbons (Fsp3) is 1.00. The fourth-order valence-corrected chi connectivity index (χ4v) is 7.94. The summed E-state index contributed by atoms with van der Waals surface area (Å²) in [6.07, 6.45) is 6.67. The van der Waals surface area contributed by atoms with Crippen LogP contribution in [0.1, 0.15) is 32.1 Å². The molecule has 0 aromatic rings. The van der Waals surface area contributed by atoms with Gasteiger partial charge < -0.3 is 0 Å². The van der Waals surface area contributed by atoms with Crippen molar-refractivity contribution in [2.24, 2.45) is 0 Å². The van der Waals surface area contributed by atoms with E-state index >= 15 is 0 Å². The summed E-state index contributed by atoms with van der Waals surface area (Å²) in [7, 11) is 12.4. The molecule has 0 amide bonds. The van der Waals surface area contributed by atoms with Crippen LogP contribution in [0.25, 0.3) is 0 Å². The molecule has 1 rings (SSSR count). The molecule has 0 bridgehead atoms. The predicted molar refractivity (Wildman–Crippen MR) is 50.2 cm³/mol. The van der Waals surface area contributed by atoms with Crippen LogP contribution in [-0.4, -0.2) is 11.4 Å². The van der Waals surface area contributed by atoms with E-state index in [0.717, 1.165) is 0 Å². The SMILES string of the molecule is [Cl][Ge]1([Cl])[CH2]CCCCC[CH2]1. The second kappa shape index (κ2) is 4.22. The van der Waals surface area contributed by atoms with Gasteiger partial charge in [0.2, 0.25) is 0 Å². The standard InChI is InChI=1S/C7H14Cl2Ge/c8-10(9)6-4-2-1-3-5-7-10/h1-7H2. The molecule has 0 nitrogen and oxygen atoms in total. The first-order valence-corrected chi connectivity index (χ1v) is 12.6. The van der Waals surface area contributed by atoms with Crippen LogP contribution < -0.4 is 0 Å². The summed E-state index contributed by atoms with van der Waals surface area (Å²) in [5, 5.41) is 2.34. The molecular formula is C7H14Cl2Ge. The van der Waals surface area contributed by atoms with E-state index in [9.17, 15) is 0 Å². The Morgan fingerprint density at radius 3 is 1.60 bits per heavy atom. The molecule has 1 fully saturated rings. The van der Waals surface area contributed by atoms with Crippen molar-refractivity contribution in [3.8, 4) is 0 Å². The molecule has 1 saturated heterocycles. The summed E-state index contributed by atoms with van der Waals surface area (Å²) in [5.41, 5.74) is 0. The van der Waals surface area contributed by atoms with Crippen molar-refractivity contribution in [1.29, 1.82) is 0 Å². The second-order valence-corrected chi connectivity index (χ2v) is 17.3. The molecule has 0 aromatic heterocycles. The molecule has 0 atom stereocenters. The molecule has 60 valence electrons. The zero-order valence-electron chi connectivity index (χ0n) is 6.21. The van der Waals surface area contributed by atoms with Crippen LogP contribution >= 0.6 is 20.0 Å². The number of halogens is 2. The number of rotatable bonds is 0. The molecule has 0 N–H and O–H groups in total. The maximum atomic E-state index is 6.20. The molecule has 1 heterocycles. The quantitative estimate of drug-likeness (QED) is 0.565. The van der Waals surface area contributed by atoms with Gasteiger partial charge in [0, 0.05) is 0 Å². The molecule has 0 spiro atoms.